The number of hydrogen-bond acceptors (Lipinski definition) is 3. The molecule has 1 aliphatic carbocycles. The minimum atomic E-state index is -0.0185. The molecule has 1 saturated heterocycles. The number of benzene rings is 1. The lowest BCUT2D eigenvalue weighted by atomic mass is 9.88. The summed E-state index contributed by atoms with van der Waals surface area (Å²) in [5, 5.41) is 0. The van der Waals surface area contributed by atoms with Gasteiger partial charge in [-0.1, -0.05) is 30.3 Å². The standard InChI is InChI=1S/C17H23NO2/c1-20-17(19)15-9-10-18(16(11-15)14-7-8-14)12-13-5-3-2-4-6-13/h2-6,14-16H,7-12H2,1H3/t15-,16-/m1/s1. The van der Waals surface area contributed by atoms with Crippen molar-refractivity contribution in [1.29, 1.82) is 0 Å². The quantitative estimate of drug-likeness (QED) is 0.790. The Labute approximate surface area is 120 Å². The second-order valence-corrected chi connectivity index (χ2v) is 6.11. The van der Waals surface area contributed by atoms with Crippen LogP contribution in [0.3, 0.4) is 0 Å². The largest absolute Gasteiger partial charge is 0.469 e. The van der Waals surface area contributed by atoms with Gasteiger partial charge in [0.25, 0.3) is 0 Å². The van der Waals surface area contributed by atoms with Crippen molar-refractivity contribution in [3.63, 3.8) is 0 Å². The molecule has 1 saturated carbocycles. The number of carbonyl (C=O) groups excluding carboxylic acids is 1. The monoisotopic (exact) mass is 273 g/mol. The third-order valence-corrected chi connectivity index (χ3v) is 4.69. The second kappa shape index (κ2) is 5.96. The number of rotatable bonds is 4. The topological polar surface area (TPSA) is 29.5 Å². The van der Waals surface area contributed by atoms with Crippen molar-refractivity contribution in [2.45, 2.75) is 38.3 Å². The Balaban J connectivity index is 1.67. The van der Waals surface area contributed by atoms with Gasteiger partial charge in [0, 0.05) is 12.6 Å². The number of methoxy groups -OCH3 is 1. The first-order chi connectivity index (χ1) is 9.78. The van der Waals surface area contributed by atoms with E-state index in [1.165, 1.54) is 25.5 Å². The molecule has 3 nitrogen and oxygen atoms in total. The molecule has 1 aliphatic heterocycles. The van der Waals surface area contributed by atoms with E-state index in [1.54, 1.807) is 0 Å². The van der Waals surface area contributed by atoms with Crippen molar-refractivity contribution in [3.05, 3.63) is 35.9 Å². The first-order valence-corrected chi connectivity index (χ1v) is 7.63. The van der Waals surface area contributed by atoms with Gasteiger partial charge < -0.3 is 4.74 Å². The Morgan fingerprint density at radius 3 is 2.65 bits per heavy atom. The molecule has 0 spiro atoms. The van der Waals surface area contributed by atoms with Crippen molar-refractivity contribution in [2.24, 2.45) is 11.8 Å². The molecule has 1 heterocycles. The third-order valence-electron chi connectivity index (χ3n) is 4.69. The molecule has 1 aromatic rings. The van der Waals surface area contributed by atoms with Crippen LogP contribution in [0.25, 0.3) is 0 Å². The number of ether oxygens (including phenoxy) is 1. The summed E-state index contributed by atoms with van der Waals surface area (Å²) in [6, 6.07) is 11.2. The molecule has 108 valence electrons. The van der Waals surface area contributed by atoms with E-state index in [-0.39, 0.29) is 11.9 Å². The van der Waals surface area contributed by atoms with Crippen LogP contribution in [0.1, 0.15) is 31.2 Å². The van der Waals surface area contributed by atoms with E-state index in [9.17, 15) is 4.79 Å². The molecule has 1 aromatic carbocycles. The molecule has 0 amide bonds. The third kappa shape index (κ3) is 3.04. The van der Waals surface area contributed by atoms with Crippen LogP contribution in [-0.2, 0) is 16.1 Å². The van der Waals surface area contributed by atoms with Crippen molar-refractivity contribution >= 4 is 5.97 Å². The average molecular weight is 273 g/mol. The van der Waals surface area contributed by atoms with Gasteiger partial charge in [0.2, 0.25) is 0 Å². The summed E-state index contributed by atoms with van der Waals surface area (Å²) < 4.78 is 4.93. The van der Waals surface area contributed by atoms with Crippen LogP contribution in [0.4, 0.5) is 0 Å². The first-order valence-electron chi connectivity index (χ1n) is 7.63. The molecule has 0 bridgehead atoms. The van der Waals surface area contributed by atoms with E-state index in [1.807, 2.05) is 0 Å². The summed E-state index contributed by atoms with van der Waals surface area (Å²) in [5.41, 5.74) is 1.37. The summed E-state index contributed by atoms with van der Waals surface area (Å²) in [6.45, 7) is 2.02. The van der Waals surface area contributed by atoms with E-state index < -0.39 is 0 Å². The lowest BCUT2D eigenvalue weighted by Crippen LogP contribution is -2.45. The highest BCUT2D eigenvalue weighted by molar-refractivity contribution is 5.72. The number of piperidine rings is 1. The summed E-state index contributed by atoms with van der Waals surface area (Å²) >= 11 is 0. The van der Waals surface area contributed by atoms with E-state index in [0.717, 1.165) is 31.8 Å². The van der Waals surface area contributed by atoms with Crippen LogP contribution in [0.5, 0.6) is 0 Å². The number of carbonyl (C=O) groups is 1. The molecule has 0 aromatic heterocycles. The molecule has 20 heavy (non-hydrogen) atoms. The van der Waals surface area contributed by atoms with Gasteiger partial charge in [-0.25, -0.2) is 0 Å². The van der Waals surface area contributed by atoms with Crippen molar-refractivity contribution < 1.29 is 9.53 Å². The average Bonchev–Trinajstić information content (AvgIpc) is 3.32. The number of esters is 1. The van der Waals surface area contributed by atoms with Crippen LogP contribution in [0, 0.1) is 11.8 Å². The molecular weight excluding hydrogens is 250 g/mol. The van der Waals surface area contributed by atoms with Gasteiger partial charge in [-0.3, -0.25) is 9.69 Å². The van der Waals surface area contributed by atoms with Crippen LogP contribution in [0.2, 0.25) is 0 Å². The predicted molar refractivity (Wildman–Crippen MR) is 78.1 cm³/mol. The zero-order chi connectivity index (χ0) is 13.9. The van der Waals surface area contributed by atoms with Crippen molar-refractivity contribution in [2.75, 3.05) is 13.7 Å². The van der Waals surface area contributed by atoms with Crippen LogP contribution >= 0.6 is 0 Å². The summed E-state index contributed by atoms with van der Waals surface area (Å²) in [7, 11) is 1.50. The maximum atomic E-state index is 11.8. The lowest BCUT2D eigenvalue weighted by molar-refractivity contribution is -0.148. The van der Waals surface area contributed by atoms with E-state index in [0.29, 0.717) is 6.04 Å². The molecule has 3 rings (SSSR count). The summed E-state index contributed by atoms with van der Waals surface area (Å²) in [4.78, 5) is 14.4. The van der Waals surface area contributed by atoms with Crippen molar-refractivity contribution in [1.82, 2.24) is 4.90 Å². The zero-order valence-corrected chi connectivity index (χ0v) is 12.1. The van der Waals surface area contributed by atoms with Gasteiger partial charge >= 0.3 is 5.97 Å². The van der Waals surface area contributed by atoms with Gasteiger partial charge in [0.1, 0.15) is 0 Å². The smallest absolute Gasteiger partial charge is 0.308 e. The SMILES string of the molecule is COC(=O)[C@@H]1CCN(Cc2ccccc2)[C@@H](C2CC2)C1. The zero-order valence-electron chi connectivity index (χ0n) is 12.1. The second-order valence-electron chi connectivity index (χ2n) is 6.11. The van der Waals surface area contributed by atoms with Gasteiger partial charge in [0.05, 0.1) is 13.0 Å². The highest BCUT2D eigenvalue weighted by atomic mass is 16.5. The Kier molecular flexibility index (Phi) is 4.06. The fraction of sp³-hybridized carbons (Fsp3) is 0.588. The highest BCUT2D eigenvalue weighted by Crippen LogP contribution is 2.41. The molecule has 0 N–H and O–H groups in total. The molecule has 2 fully saturated rings. The Morgan fingerprint density at radius 1 is 1.25 bits per heavy atom. The van der Waals surface area contributed by atoms with Crippen LogP contribution in [-0.4, -0.2) is 30.6 Å². The normalized spacial score (nSPS) is 27.2. The minimum Gasteiger partial charge on any atom is -0.469 e. The molecule has 2 aliphatic rings. The minimum absolute atomic E-state index is 0.0185. The van der Waals surface area contributed by atoms with E-state index in [4.69, 9.17) is 4.74 Å². The molecule has 0 unspecified atom stereocenters. The van der Waals surface area contributed by atoms with Crippen molar-refractivity contribution in [3.8, 4) is 0 Å². The fourth-order valence-corrected chi connectivity index (χ4v) is 3.41. The Bertz CT molecular complexity index is 455. The van der Waals surface area contributed by atoms with Crippen LogP contribution < -0.4 is 0 Å². The van der Waals surface area contributed by atoms with Gasteiger partial charge in [-0.15, -0.1) is 0 Å². The highest BCUT2D eigenvalue weighted by Gasteiger charge is 2.41. The van der Waals surface area contributed by atoms with Gasteiger partial charge in [0.15, 0.2) is 0 Å². The van der Waals surface area contributed by atoms with Crippen LogP contribution in [0.15, 0.2) is 30.3 Å². The summed E-state index contributed by atoms with van der Waals surface area (Å²) in [6.07, 6.45) is 4.56. The molecular formula is C17H23NO2. The summed E-state index contributed by atoms with van der Waals surface area (Å²) in [5.74, 6) is 0.888. The fourth-order valence-electron chi connectivity index (χ4n) is 3.41. The molecule has 3 heteroatoms. The van der Waals surface area contributed by atoms with E-state index >= 15 is 0 Å². The van der Waals surface area contributed by atoms with Gasteiger partial charge in [-0.05, 0) is 43.7 Å². The van der Waals surface area contributed by atoms with Gasteiger partial charge in [-0.2, -0.15) is 0 Å². The molecule has 0 radical (unpaired) electrons. The first kappa shape index (κ1) is 13.6. The Hall–Kier alpha value is -1.35. The molecule has 2 atom stereocenters. The Morgan fingerprint density at radius 2 is 2.00 bits per heavy atom. The predicted octanol–water partition coefficient (Wildman–Crippen LogP) is 2.85. The maximum absolute atomic E-state index is 11.8. The maximum Gasteiger partial charge on any atom is 0.308 e. The number of hydrogen-bond donors (Lipinski definition) is 0. The lowest BCUT2D eigenvalue weighted by Gasteiger charge is -2.39. The number of nitrogens with zero attached hydrogens (tertiary/aromatic N) is 1. The number of likely N-dealkylation sites (tertiary alicyclic amines) is 1. The van der Waals surface area contributed by atoms with E-state index in [2.05, 4.69) is 35.2 Å².